The molecular formula is C18H18O3. The second kappa shape index (κ2) is 7.90. The number of rotatable bonds is 5. The van der Waals surface area contributed by atoms with Crippen LogP contribution >= 0.6 is 0 Å². The van der Waals surface area contributed by atoms with Crippen LogP contribution in [0.25, 0.3) is 6.08 Å². The van der Waals surface area contributed by atoms with E-state index in [0.717, 1.165) is 11.1 Å². The van der Waals surface area contributed by atoms with Gasteiger partial charge in [0.05, 0.1) is 6.61 Å². The predicted octanol–water partition coefficient (Wildman–Crippen LogP) is 4.61. The first-order chi connectivity index (χ1) is 10.3. The molecule has 0 heterocycles. The van der Waals surface area contributed by atoms with E-state index in [1.165, 1.54) is 0 Å². The molecule has 108 valence electrons. The lowest BCUT2D eigenvalue weighted by molar-refractivity contribution is 0.0403. The minimum atomic E-state index is -0.663. The molecule has 3 nitrogen and oxygen atoms in total. The van der Waals surface area contributed by atoms with Gasteiger partial charge in [-0.05, 0) is 24.1 Å². The third kappa shape index (κ3) is 4.80. The minimum absolute atomic E-state index is 0.294. The molecule has 2 aromatic rings. The number of benzene rings is 2. The van der Waals surface area contributed by atoms with Crippen LogP contribution in [-0.4, -0.2) is 12.8 Å². The molecule has 0 radical (unpaired) electrons. The zero-order valence-corrected chi connectivity index (χ0v) is 11.9. The molecule has 1 unspecified atom stereocenters. The molecule has 0 N–H and O–H groups in total. The van der Waals surface area contributed by atoms with Crippen molar-refractivity contribution in [1.29, 1.82) is 0 Å². The van der Waals surface area contributed by atoms with Crippen LogP contribution in [0.15, 0.2) is 66.7 Å². The summed E-state index contributed by atoms with van der Waals surface area (Å²) < 4.78 is 10.2. The number of hydrogen-bond acceptors (Lipinski definition) is 3. The van der Waals surface area contributed by atoms with Gasteiger partial charge in [-0.15, -0.1) is 0 Å². The van der Waals surface area contributed by atoms with Crippen LogP contribution in [0.3, 0.4) is 0 Å². The Morgan fingerprint density at radius 1 is 1.05 bits per heavy atom. The minimum Gasteiger partial charge on any atom is -0.435 e. The van der Waals surface area contributed by atoms with Crippen LogP contribution in [0.5, 0.6) is 0 Å². The molecule has 2 aromatic carbocycles. The zero-order chi connectivity index (χ0) is 14.9. The molecule has 0 bridgehead atoms. The van der Waals surface area contributed by atoms with Crippen molar-refractivity contribution >= 4 is 12.2 Å². The maximum Gasteiger partial charge on any atom is 0.509 e. The van der Waals surface area contributed by atoms with Gasteiger partial charge in [0.25, 0.3) is 0 Å². The van der Waals surface area contributed by atoms with Crippen LogP contribution in [-0.2, 0) is 9.47 Å². The van der Waals surface area contributed by atoms with Gasteiger partial charge in [-0.3, -0.25) is 0 Å². The van der Waals surface area contributed by atoms with Gasteiger partial charge in [-0.1, -0.05) is 66.7 Å². The molecule has 0 aliphatic carbocycles. The first-order valence-electron chi connectivity index (χ1n) is 6.91. The Hall–Kier alpha value is -2.55. The fourth-order valence-electron chi connectivity index (χ4n) is 1.88. The Bertz CT molecular complexity index is 576. The van der Waals surface area contributed by atoms with E-state index in [-0.39, 0.29) is 0 Å². The van der Waals surface area contributed by atoms with Gasteiger partial charge in [-0.25, -0.2) is 4.79 Å². The molecule has 0 aliphatic heterocycles. The largest absolute Gasteiger partial charge is 0.509 e. The average molecular weight is 282 g/mol. The summed E-state index contributed by atoms with van der Waals surface area (Å²) in [5.41, 5.74) is 1.95. The fraction of sp³-hybridized carbons (Fsp3) is 0.167. The molecule has 0 fully saturated rings. The van der Waals surface area contributed by atoms with Crippen LogP contribution in [0, 0.1) is 0 Å². The van der Waals surface area contributed by atoms with Crippen molar-refractivity contribution in [2.75, 3.05) is 6.61 Å². The van der Waals surface area contributed by atoms with Crippen molar-refractivity contribution in [3.63, 3.8) is 0 Å². The highest BCUT2D eigenvalue weighted by molar-refractivity contribution is 5.61. The molecule has 3 heteroatoms. The molecular weight excluding hydrogens is 264 g/mol. The Morgan fingerprint density at radius 2 is 1.67 bits per heavy atom. The van der Waals surface area contributed by atoms with Crippen molar-refractivity contribution in [3.8, 4) is 0 Å². The summed E-state index contributed by atoms with van der Waals surface area (Å²) in [4.78, 5) is 11.6. The van der Waals surface area contributed by atoms with Crippen molar-refractivity contribution in [2.45, 2.75) is 13.0 Å². The molecule has 0 aromatic heterocycles. The molecule has 0 amide bonds. The van der Waals surface area contributed by atoms with Gasteiger partial charge >= 0.3 is 6.16 Å². The number of carbonyl (C=O) groups excluding carboxylic acids is 1. The molecule has 2 rings (SSSR count). The summed E-state index contributed by atoms with van der Waals surface area (Å²) in [6, 6.07) is 19.4. The third-order valence-electron chi connectivity index (χ3n) is 2.88. The van der Waals surface area contributed by atoms with Gasteiger partial charge < -0.3 is 9.47 Å². The quantitative estimate of drug-likeness (QED) is 0.751. The van der Waals surface area contributed by atoms with Crippen molar-refractivity contribution in [2.24, 2.45) is 0 Å². The molecule has 0 saturated heterocycles. The van der Waals surface area contributed by atoms with Crippen molar-refractivity contribution < 1.29 is 14.3 Å². The normalized spacial score (nSPS) is 12.0. The summed E-state index contributed by atoms with van der Waals surface area (Å²) in [5.74, 6) is 0. The second-order valence-corrected chi connectivity index (χ2v) is 4.40. The molecule has 0 spiro atoms. The number of hydrogen-bond donors (Lipinski definition) is 0. The van der Waals surface area contributed by atoms with Crippen molar-refractivity contribution in [1.82, 2.24) is 0 Å². The smallest absolute Gasteiger partial charge is 0.435 e. The summed E-state index contributed by atoms with van der Waals surface area (Å²) >= 11 is 0. The van der Waals surface area contributed by atoms with E-state index >= 15 is 0 Å². The van der Waals surface area contributed by atoms with Gasteiger partial charge in [0.15, 0.2) is 0 Å². The highest BCUT2D eigenvalue weighted by Crippen LogP contribution is 2.20. The SMILES string of the molecule is CCOC(=O)OC(/C=C/c1ccccc1)c1ccccc1. The van der Waals surface area contributed by atoms with Crippen molar-refractivity contribution in [3.05, 3.63) is 77.9 Å². The third-order valence-corrected chi connectivity index (χ3v) is 2.88. The molecule has 1 atom stereocenters. The Labute approximate surface area is 124 Å². The van der Waals surface area contributed by atoms with Gasteiger partial charge in [0, 0.05) is 0 Å². The van der Waals surface area contributed by atoms with E-state index in [4.69, 9.17) is 9.47 Å². The van der Waals surface area contributed by atoms with Crippen LogP contribution in [0.2, 0.25) is 0 Å². The second-order valence-electron chi connectivity index (χ2n) is 4.40. The van der Waals surface area contributed by atoms with Crippen LogP contribution in [0.1, 0.15) is 24.2 Å². The Kier molecular flexibility index (Phi) is 5.59. The van der Waals surface area contributed by atoms with Gasteiger partial charge in [0.1, 0.15) is 6.10 Å². The van der Waals surface area contributed by atoms with E-state index in [9.17, 15) is 4.79 Å². The van der Waals surface area contributed by atoms with E-state index in [1.807, 2.05) is 72.8 Å². The maximum atomic E-state index is 11.6. The monoisotopic (exact) mass is 282 g/mol. The zero-order valence-electron chi connectivity index (χ0n) is 11.9. The molecule has 21 heavy (non-hydrogen) atoms. The summed E-state index contributed by atoms with van der Waals surface area (Å²) in [7, 11) is 0. The predicted molar refractivity (Wildman–Crippen MR) is 82.8 cm³/mol. The van der Waals surface area contributed by atoms with Gasteiger partial charge in [-0.2, -0.15) is 0 Å². The average Bonchev–Trinajstić information content (AvgIpc) is 2.53. The lowest BCUT2D eigenvalue weighted by Crippen LogP contribution is -2.11. The number of ether oxygens (including phenoxy) is 2. The topological polar surface area (TPSA) is 35.5 Å². The highest BCUT2D eigenvalue weighted by atomic mass is 16.7. The van der Waals surface area contributed by atoms with E-state index < -0.39 is 12.3 Å². The molecule has 0 saturated carbocycles. The summed E-state index contributed by atoms with van der Waals surface area (Å²) in [5, 5.41) is 0. The first-order valence-corrected chi connectivity index (χ1v) is 6.91. The van der Waals surface area contributed by atoms with E-state index in [0.29, 0.717) is 6.61 Å². The Morgan fingerprint density at radius 3 is 2.29 bits per heavy atom. The summed E-state index contributed by atoms with van der Waals surface area (Å²) in [6.45, 7) is 2.04. The lowest BCUT2D eigenvalue weighted by atomic mass is 10.1. The number of carbonyl (C=O) groups is 1. The Balaban J connectivity index is 2.16. The van der Waals surface area contributed by atoms with E-state index in [2.05, 4.69) is 0 Å². The van der Waals surface area contributed by atoms with Crippen LogP contribution in [0.4, 0.5) is 4.79 Å². The van der Waals surface area contributed by atoms with Gasteiger partial charge in [0.2, 0.25) is 0 Å². The first kappa shape index (κ1) is 14.9. The fourth-order valence-corrected chi connectivity index (χ4v) is 1.88. The molecule has 0 aliphatic rings. The highest BCUT2D eigenvalue weighted by Gasteiger charge is 2.14. The standard InChI is InChI=1S/C18H18O3/c1-2-20-18(19)21-17(16-11-7-4-8-12-16)14-13-15-9-5-3-6-10-15/h3-14,17H,2H2,1H3/b14-13+. The summed E-state index contributed by atoms with van der Waals surface area (Å²) in [6.07, 6.45) is 2.65. The van der Waals surface area contributed by atoms with Crippen LogP contribution < -0.4 is 0 Å². The van der Waals surface area contributed by atoms with E-state index in [1.54, 1.807) is 6.92 Å². The lowest BCUT2D eigenvalue weighted by Gasteiger charge is -2.14. The maximum absolute atomic E-state index is 11.6.